The first kappa shape index (κ1) is 15.7. The third-order valence-corrected chi connectivity index (χ3v) is 2.91. The van der Waals surface area contributed by atoms with Crippen LogP contribution in [0.4, 0.5) is 0 Å². The van der Waals surface area contributed by atoms with Gasteiger partial charge in [-0.05, 0) is 23.6 Å². The van der Waals surface area contributed by atoms with E-state index >= 15 is 0 Å². The third kappa shape index (κ3) is 5.01. The molecule has 0 aliphatic rings. The molecular weight excluding hydrogens is 242 g/mol. The lowest BCUT2D eigenvalue weighted by molar-refractivity contribution is 0.0779. The van der Waals surface area contributed by atoms with E-state index in [1.54, 1.807) is 14.2 Å². The van der Waals surface area contributed by atoms with Crippen LogP contribution < -0.4 is 5.32 Å². The van der Waals surface area contributed by atoms with E-state index in [2.05, 4.69) is 19.2 Å². The van der Waals surface area contributed by atoms with Crippen molar-refractivity contribution >= 4 is 5.91 Å². The quantitative estimate of drug-likeness (QED) is 0.822. The average Bonchev–Trinajstić information content (AvgIpc) is 2.39. The largest absolute Gasteiger partial charge is 0.382 e. The Hall–Kier alpha value is -1.39. The summed E-state index contributed by atoms with van der Waals surface area (Å²) in [5.74, 6) is 0.362. The molecule has 1 aromatic rings. The van der Waals surface area contributed by atoms with Gasteiger partial charge in [0.2, 0.25) is 0 Å². The molecule has 0 heterocycles. The van der Waals surface area contributed by atoms with Crippen molar-refractivity contribution < 1.29 is 14.3 Å². The molecular formula is C15H23NO3. The number of carbonyl (C=O) groups excluding carboxylic acids is 1. The van der Waals surface area contributed by atoms with E-state index in [1.807, 2.05) is 24.3 Å². The van der Waals surface area contributed by atoms with Gasteiger partial charge in [-0.1, -0.05) is 26.0 Å². The number of carbonyl (C=O) groups is 1. The van der Waals surface area contributed by atoms with Crippen molar-refractivity contribution in [3.8, 4) is 0 Å². The van der Waals surface area contributed by atoms with E-state index < -0.39 is 0 Å². The minimum Gasteiger partial charge on any atom is -0.382 e. The summed E-state index contributed by atoms with van der Waals surface area (Å²) in [4.78, 5) is 12.1. The van der Waals surface area contributed by atoms with Gasteiger partial charge >= 0.3 is 0 Å². The van der Waals surface area contributed by atoms with Crippen LogP contribution in [0.15, 0.2) is 24.3 Å². The van der Waals surface area contributed by atoms with Crippen LogP contribution in [0.1, 0.15) is 35.7 Å². The Morgan fingerprint density at radius 3 is 2.05 bits per heavy atom. The number of rotatable bonds is 7. The maximum Gasteiger partial charge on any atom is 0.251 e. The Kier molecular flexibility index (Phi) is 6.53. The number of hydrogen-bond acceptors (Lipinski definition) is 3. The number of benzene rings is 1. The maximum atomic E-state index is 12.1. The predicted octanol–water partition coefficient (Wildman–Crippen LogP) is 2.20. The average molecular weight is 265 g/mol. The molecule has 0 aromatic heterocycles. The highest BCUT2D eigenvalue weighted by molar-refractivity contribution is 5.94. The van der Waals surface area contributed by atoms with Gasteiger partial charge in [0.05, 0.1) is 19.3 Å². The van der Waals surface area contributed by atoms with E-state index in [-0.39, 0.29) is 11.9 Å². The zero-order chi connectivity index (χ0) is 14.3. The van der Waals surface area contributed by atoms with Gasteiger partial charge in [0.15, 0.2) is 0 Å². The molecule has 1 N–H and O–H groups in total. The molecule has 0 unspecified atom stereocenters. The standard InChI is InChI=1S/C15H23NO3/c1-11(2)12-5-7-13(8-6-12)15(17)16-14(9-18-3)10-19-4/h5-8,11,14H,9-10H2,1-4H3,(H,16,17). The Morgan fingerprint density at radius 1 is 1.11 bits per heavy atom. The molecule has 4 heteroatoms. The van der Waals surface area contributed by atoms with Crippen molar-refractivity contribution in [2.75, 3.05) is 27.4 Å². The molecule has 1 aromatic carbocycles. The topological polar surface area (TPSA) is 47.6 Å². The minimum atomic E-state index is -0.132. The molecule has 0 radical (unpaired) electrons. The van der Waals surface area contributed by atoms with Crippen LogP contribution >= 0.6 is 0 Å². The number of nitrogens with one attached hydrogen (secondary N) is 1. The van der Waals surface area contributed by atoms with E-state index in [0.717, 1.165) is 0 Å². The Bertz CT molecular complexity index is 381. The lowest BCUT2D eigenvalue weighted by Gasteiger charge is -2.17. The summed E-state index contributed by atoms with van der Waals surface area (Å²) in [6.07, 6.45) is 0. The lowest BCUT2D eigenvalue weighted by Crippen LogP contribution is -2.41. The first-order chi connectivity index (χ1) is 9.08. The number of amides is 1. The second kappa shape index (κ2) is 7.92. The Labute approximate surface area is 115 Å². The Morgan fingerprint density at radius 2 is 1.63 bits per heavy atom. The molecule has 0 fully saturated rings. The number of methoxy groups -OCH3 is 2. The smallest absolute Gasteiger partial charge is 0.251 e. The molecule has 0 aliphatic heterocycles. The van der Waals surface area contributed by atoms with Crippen molar-refractivity contribution in [3.63, 3.8) is 0 Å². The van der Waals surface area contributed by atoms with Crippen LogP contribution in [0, 0.1) is 0 Å². The highest BCUT2D eigenvalue weighted by atomic mass is 16.5. The number of hydrogen-bond donors (Lipinski definition) is 1. The summed E-state index contributed by atoms with van der Waals surface area (Å²) in [6, 6.07) is 7.54. The molecule has 0 aliphatic carbocycles. The summed E-state index contributed by atoms with van der Waals surface area (Å²) in [6.45, 7) is 5.12. The summed E-state index contributed by atoms with van der Waals surface area (Å²) >= 11 is 0. The molecule has 0 saturated heterocycles. The summed E-state index contributed by atoms with van der Waals surface area (Å²) in [5.41, 5.74) is 1.88. The highest BCUT2D eigenvalue weighted by Gasteiger charge is 2.13. The van der Waals surface area contributed by atoms with Gasteiger partial charge in [-0.25, -0.2) is 0 Å². The van der Waals surface area contributed by atoms with Gasteiger partial charge in [-0.2, -0.15) is 0 Å². The van der Waals surface area contributed by atoms with E-state index in [0.29, 0.717) is 24.7 Å². The maximum absolute atomic E-state index is 12.1. The monoisotopic (exact) mass is 265 g/mol. The first-order valence-electron chi connectivity index (χ1n) is 6.47. The van der Waals surface area contributed by atoms with Gasteiger partial charge in [0.25, 0.3) is 5.91 Å². The first-order valence-corrected chi connectivity index (χ1v) is 6.47. The Balaban J connectivity index is 2.65. The van der Waals surface area contributed by atoms with Gasteiger partial charge in [-0.3, -0.25) is 4.79 Å². The molecule has 1 amide bonds. The normalized spacial score (nSPS) is 11.1. The molecule has 0 atom stereocenters. The second-order valence-electron chi connectivity index (χ2n) is 4.86. The van der Waals surface area contributed by atoms with E-state index in [1.165, 1.54) is 5.56 Å². The fraction of sp³-hybridized carbons (Fsp3) is 0.533. The zero-order valence-electron chi connectivity index (χ0n) is 12.1. The molecule has 0 saturated carbocycles. The molecule has 0 bridgehead atoms. The van der Waals surface area contributed by atoms with Gasteiger partial charge in [0, 0.05) is 19.8 Å². The van der Waals surface area contributed by atoms with Crippen molar-refractivity contribution in [1.82, 2.24) is 5.32 Å². The van der Waals surface area contributed by atoms with Crippen LogP contribution in [0.25, 0.3) is 0 Å². The fourth-order valence-electron chi connectivity index (χ4n) is 1.82. The lowest BCUT2D eigenvalue weighted by atomic mass is 10.0. The number of ether oxygens (including phenoxy) is 2. The van der Waals surface area contributed by atoms with Crippen LogP contribution in [-0.4, -0.2) is 39.4 Å². The zero-order valence-corrected chi connectivity index (χ0v) is 12.1. The van der Waals surface area contributed by atoms with Crippen molar-refractivity contribution in [1.29, 1.82) is 0 Å². The SMILES string of the molecule is COCC(COC)NC(=O)c1ccc(C(C)C)cc1. The van der Waals surface area contributed by atoms with Crippen molar-refractivity contribution in [2.24, 2.45) is 0 Å². The molecule has 0 spiro atoms. The van der Waals surface area contributed by atoms with Crippen LogP contribution in [0.3, 0.4) is 0 Å². The molecule has 4 nitrogen and oxygen atoms in total. The fourth-order valence-corrected chi connectivity index (χ4v) is 1.82. The van der Waals surface area contributed by atoms with E-state index in [4.69, 9.17) is 9.47 Å². The van der Waals surface area contributed by atoms with Crippen LogP contribution in [0.5, 0.6) is 0 Å². The summed E-state index contributed by atoms with van der Waals surface area (Å²) in [7, 11) is 3.21. The second-order valence-corrected chi connectivity index (χ2v) is 4.86. The van der Waals surface area contributed by atoms with Gasteiger partial charge in [-0.15, -0.1) is 0 Å². The highest BCUT2D eigenvalue weighted by Crippen LogP contribution is 2.14. The summed E-state index contributed by atoms with van der Waals surface area (Å²) < 4.78 is 10.1. The van der Waals surface area contributed by atoms with Gasteiger partial charge in [0.1, 0.15) is 0 Å². The predicted molar refractivity (Wildman–Crippen MR) is 75.5 cm³/mol. The van der Waals surface area contributed by atoms with Crippen molar-refractivity contribution in [3.05, 3.63) is 35.4 Å². The molecule has 1 rings (SSSR count). The molecule has 19 heavy (non-hydrogen) atoms. The van der Waals surface area contributed by atoms with Crippen LogP contribution in [0.2, 0.25) is 0 Å². The van der Waals surface area contributed by atoms with Crippen molar-refractivity contribution in [2.45, 2.75) is 25.8 Å². The minimum absolute atomic E-state index is 0.102. The molecule has 106 valence electrons. The van der Waals surface area contributed by atoms with Gasteiger partial charge < -0.3 is 14.8 Å². The van der Waals surface area contributed by atoms with Crippen LogP contribution in [-0.2, 0) is 9.47 Å². The third-order valence-electron chi connectivity index (χ3n) is 2.91. The van der Waals surface area contributed by atoms with E-state index in [9.17, 15) is 4.79 Å². The summed E-state index contributed by atoms with van der Waals surface area (Å²) in [5, 5.41) is 2.89.